The van der Waals surface area contributed by atoms with Crippen molar-refractivity contribution in [1.82, 2.24) is 9.21 Å². The Morgan fingerprint density at radius 3 is 2.56 bits per heavy atom. The van der Waals surface area contributed by atoms with Gasteiger partial charge in [0.1, 0.15) is 10.7 Å². The Bertz CT molecular complexity index is 933. The zero-order valence-corrected chi connectivity index (χ0v) is 17.0. The molecule has 146 valence electrons. The Labute approximate surface area is 164 Å². The molecule has 0 bridgehead atoms. The molecule has 0 atom stereocenters. The molecule has 0 radical (unpaired) electrons. The van der Waals surface area contributed by atoms with E-state index in [0.717, 1.165) is 18.4 Å². The highest BCUT2D eigenvalue weighted by Crippen LogP contribution is 2.27. The first-order chi connectivity index (χ1) is 12.8. The van der Waals surface area contributed by atoms with Gasteiger partial charge in [-0.15, -0.1) is 0 Å². The van der Waals surface area contributed by atoms with Gasteiger partial charge in [0.15, 0.2) is 5.76 Å². The fraction of sp³-hybridized carbons (Fsp3) is 0.421. The van der Waals surface area contributed by atoms with Gasteiger partial charge < -0.3 is 9.32 Å². The minimum Gasteiger partial charge on any atom is -0.455 e. The lowest BCUT2D eigenvalue weighted by Crippen LogP contribution is -2.30. The van der Waals surface area contributed by atoms with E-state index in [9.17, 15) is 13.2 Å². The predicted molar refractivity (Wildman–Crippen MR) is 103 cm³/mol. The van der Waals surface area contributed by atoms with E-state index in [1.54, 1.807) is 17.9 Å². The van der Waals surface area contributed by atoms with Crippen LogP contribution in [0.3, 0.4) is 0 Å². The molecule has 8 heteroatoms. The average Bonchev–Trinajstić information content (AvgIpc) is 3.31. The van der Waals surface area contributed by atoms with Gasteiger partial charge >= 0.3 is 0 Å². The smallest absolute Gasteiger partial charge is 0.289 e. The Kier molecular flexibility index (Phi) is 5.93. The number of carbonyl (C=O) groups excluding carboxylic acids is 1. The zero-order chi connectivity index (χ0) is 19.6. The molecule has 1 aromatic heterocycles. The van der Waals surface area contributed by atoms with Crippen molar-refractivity contribution < 1.29 is 17.6 Å². The van der Waals surface area contributed by atoms with Crippen molar-refractivity contribution in [3.8, 4) is 0 Å². The SMILES string of the molecule is CCN(Cc1ccccc1Cl)C(=O)c1cc(S(=O)(=O)N2CCCC2)c(C)o1. The Morgan fingerprint density at radius 1 is 1.26 bits per heavy atom. The summed E-state index contributed by atoms with van der Waals surface area (Å²) in [4.78, 5) is 14.5. The summed E-state index contributed by atoms with van der Waals surface area (Å²) >= 11 is 6.19. The maximum absolute atomic E-state index is 12.9. The van der Waals surface area contributed by atoms with Crippen LogP contribution in [0.1, 0.15) is 41.6 Å². The summed E-state index contributed by atoms with van der Waals surface area (Å²) < 4.78 is 32.6. The van der Waals surface area contributed by atoms with Crippen LogP contribution in [0, 0.1) is 6.92 Å². The molecule has 0 N–H and O–H groups in total. The number of furan rings is 1. The van der Waals surface area contributed by atoms with Crippen molar-refractivity contribution >= 4 is 27.5 Å². The Hall–Kier alpha value is -1.83. The molecule has 27 heavy (non-hydrogen) atoms. The molecule has 1 fully saturated rings. The van der Waals surface area contributed by atoms with Crippen LogP contribution in [0.5, 0.6) is 0 Å². The molecule has 6 nitrogen and oxygen atoms in total. The summed E-state index contributed by atoms with van der Waals surface area (Å²) in [6.45, 7) is 5.20. The first-order valence-electron chi connectivity index (χ1n) is 8.98. The number of amides is 1. The van der Waals surface area contributed by atoms with Crippen LogP contribution in [0.2, 0.25) is 5.02 Å². The monoisotopic (exact) mass is 410 g/mol. The fourth-order valence-corrected chi connectivity index (χ4v) is 5.08. The largest absolute Gasteiger partial charge is 0.455 e. The molecular weight excluding hydrogens is 388 g/mol. The van der Waals surface area contributed by atoms with Crippen LogP contribution in [-0.4, -0.2) is 43.2 Å². The van der Waals surface area contributed by atoms with E-state index in [4.69, 9.17) is 16.0 Å². The van der Waals surface area contributed by atoms with E-state index in [0.29, 0.717) is 31.2 Å². The summed E-state index contributed by atoms with van der Waals surface area (Å²) in [6, 6.07) is 8.66. The van der Waals surface area contributed by atoms with Gasteiger partial charge in [0, 0.05) is 37.3 Å². The number of sulfonamides is 1. The molecule has 1 aliphatic heterocycles. The second-order valence-corrected chi connectivity index (χ2v) is 8.87. The third-order valence-electron chi connectivity index (χ3n) is 4.75. The molecule has 1 aliphatic rings. The van der Waals surface area contributed by atoms with Crippen molar-refractivity contribution in [3.05, 3.63) is 52.4 Å². The molecular formula is C19H23ClN2O4S. The third kappa shape index (κ3) is 4.05. The first kappa shape index (κ1) is 19.9. The van der Waals surface area contributed by atoms with Gasteiger partial charge in [-0.2, -0.15) is 4.31 Å². The number of hydrogen-bond donors (Lipinski definition) is 0. The van der Waals surface area contributed by atoms with Crippen LogP contribution in [0.15, 0.2) is 39.6 Å². The normalized spacial score (nSPS) is 15.2. The van der Waals surface area contributed by atoms with Gasteiger partial charge in [0.2, 0.25) is 10.0 Å². The van der Waals surface area contributed by atoms with E-state index in [-0.39, 0.29) is 22.3 Å². The number of aryl methyl sites for hydroxylation is 1. The highest BCUT2D eigenvalue weighted by atomic mass is 35.5. The predicted octanol–water partition coefficient (Wildman–Crippen LogP) is 3.69. The van der Waals surface area contributed by atoms with E-state index >= 15 is 0 Å². The van der Waals surface area contributed by atoms with Crippen LogP contribution in [0.4, 0.5) is 0 Å². The van der Waals surface area contributed by atoms with Crippen molar-refractivity contribution in [2.45, 2.75) is 38.1 Å². The molecule has 1 amide bonds. The van der Waals surface area contributed by atoms with E-state index in [2.05, 4.69) is 0 Å². The van der Waals surface area contributed by atoms with Gasteiger partial charge in [0.25, 0.3) is 5.91 Å². The molecule has 2 heterocycles. The van der Waals surface area contributed by atoms with Gasteiger partial charge in [-0.3, -0.25) is 4.79 Å². The number of nitrogens with zero attached hydrogens (tertiary/aromatic N) is 2. The van der Waals surface area contributed by atoms with Gasteiger partial charge in [0.05, 0.1) is 0 Å². The molecule has 3 rings (SSSR count). The van der Waals surface area contributed by atoms with Crippen molar-refractivity contribution in [2.24, 2.45) is 0 Å². The molecule has 1 saturated heterocycles. The highest BCUT2D eigenvalue weighted by molar-refractivity contribution is 7.89. The Morgan fingerprint density at radius 2 is 1.93 bits per heavy atom. The highest BCUT2D eigenvalue weighted by Gasteiger charge is 2.32. The van der Waals surface area contributed by atoms with Gasteiger partial charge in [-0.05, 0) is 38.3 Å². The molecule has 1 aromatic carbocycles. The quantitative estimate of drug-likeness (QED) is 0.728. The lowest BCUT2D eigenvalue weighted by atomic mass is 10.2. The first-order valence-corrected chi connectivity index (χ1v) is 10.8. The Balaban J connectivity index is 1.85. The maximum Gasteiger partial charge on any atom is 0.289 e. The van der Waals surface area contributed by atoms with Crippen molar-refractivity contribution in [3.63, 3.8) is 0 Å². The van der Waals surface area contributed by atoms with Crippen LogP contribution < -0.4 is 0 Å². The van der Waals surface area contributed by atoms with Crippen LogP contribution in [0.25, 0.3) is 0 Å². The second-order valence-electron chi connectivity index (χ2n) is 6.55. The zero-order valence-electron chi connectivity index (χ0n) is 15.4. The summed E-state index contributed by atoms with van der Waals surface area (Å²) in [6.07, 6.45) is 1.70. The third-order valence-corrected chi connectivity index (χ3v) is 7.13. The van der Waals surface area contributed by atoms with E-state index in [1.807, 2.05) is 25.1 Å². The molecule has 0 spiro atoms. The van der Waals surface area contributed by atoms with Crippen molar-refractivity contribution in [2.75, 3.05) is 19.6 Å². The average molecular weight is 411 g/mol. The number of halogens is 1. The minimum absolute atomic E-state index is 0.0270. The van der Waals surface area contributed by atoms with Crippen molar-refractivity contribution in [1.29, 1.82) is 0 Å². The van der Waals surface area contributed by atoms with Crippen LogP contribution in [-0.2, 0) is 16.6 Å². The summed E-state index contributed by atoms with van der Waals surface area (Å²) in [7, 11) is -3.63. The lowest BCUT2D eigenvalue weighted by Gasteiger charge is -2.20. The van der Waals surface area contributed by atoms with Crippen LogP contribution >= 0.6 is 11.6 Å². The lowest BCUT2D eigenvalue weighted by molar-refractivity contribution is 0.0719. The standard InChI is InChI=1S/C19H23ClN2O4S/c1-3-21(13-15-8-4-5-9-16(15)20)19(23)17-12-18(14(2)26-17)27(24,25)22-10-6-7-11-22/h4-5,8-9,12H,3,6-7,10-11,13H2,1-2H3. The summed E-state index contributed by atoms with van der Waals surface area (Å²) in [5.41, 5.74) is 0.822. The van der Waals surface area contributed by atoms with E-state index in [1.165, 1.54) is 10.4 Å². The summed E-state index contributed by atoms with van der Waals surface area (Å²) in [5, 5.41) is 0.580. The number of hydrogen-bond acceptors (Lipinski definition) is 4. The summed E-state index contributed by atoms with van der Waals surface area (Å²) in [5.74, 6) is -0.0957. The van der Waals surface area contributed by atoms with E-state index < -0.39 is 10.0 Å². The minimum atomic E-state index is -3.63. The topological polar surface area (TPSA) is 70.8 Å². The fourth-order valence-electron chi connectivity index (χ4n) is 3.21. The molecule has 0 unspecified atom stereocenters. The molecule has 2 aromatic rings. The second kappa shape index (κ2) is 8.04. The van der Waals surface area contributed by atoms with Gasteiger partial charge in [-0.1, -0.05) is 29.8 Å². The number of rotatable bonds is 6. The maximum atomic E-state index is 12.9. The van der Waals surface area contributed by atoms with Gasteiger partial charge in [-0.25, -0.2) is 8.42 Å². The molecule has 0 saturated carbocycles. The molecule has 0 aliphatic carbocycles. The number of carbonyl (C=O) groups is 1. The number of benzene rings is 1.